The number of likely N-dealkylation sites (N-methyl/N-ethyl adjacent to an activating group) is 1. The van der Waals surface area contributed by atoms with Crippen LogP contribution < -0.4 is 5.32 Å². The Morgan fingerprint density at radius 1 is 1.48 bits per heavy atom. The van der Waals surface area contributed by atoms with Crippen LogP contribution in [-0.4, -0.2) is 58.1 Å². The first-order valence-electron chi connectivity index (χ1n) is 8.33. The largest absolute Gasteiger partial charge is 0.326 e. The van der Waals surface area contributed by atoms with Crippen LogP contribution in [0.25, 0.3) is 0 Å². The molecule has 1 N–H and O–H groups in total. The number of thiophene rings is 1. The van der Waals surface area contributed by atoms with Crippen molar-refractivity contribution in [1.29, 1.82) is 0 Å². The van der Waals surface area contributed by atoms with Gasteiger partial charge in [-0.05, 0) is 32.0 Å². The van der Waals surface area contributed by atoms with Crippen LogP contribution in [0, 0.1) is 0 Å². The van der Waals surface area contributed by atoms with Crippen molar-refractivity contribution < 1.29 is 9.59 Å². The van der Waals surface area contributed by atoms with Gasteiger partial charge in [0.1, 0.15) is 6.04 Å². The average Bonchev–Trinajstić information content (AvgIpc) is 3.29. The van der Waals surface area contributed by atoms with Gasteiger partial charge in [-0.15, -0.1) is 11.3 Å². The fourth-order valence-electron chi connectivity index (χ4n) is 2.85. The Kier molecular flexibility index (Phi) is 5.50. The van der Waals surface area contributed by atoms with Crippen molar-refractivity contribution in [3.8, 4) is 0 Å². The molecule has 1 fully saturated rings. The van der Waals surface area contributed by atoms with Crippen LogP contribution in [-0.2, 0) is 22.7 Å². The number of aromatic nitrogens is 2. The normalized spacial score (nSPS) is 17.5. The molecule has 134 valence electrons. The highest BCUT2D eigenvalue weighted by atomic mass is 32.1. The van der Waals surface area contributed by atoms with Crippen LogP contribution in [0.4, 0.5) is 5.69 Å². The maximum Gasteiger partial charge on any atom is 0.247 e. The fraction of sp³-hybridized carbons (Fsp3) is 0.471. The molecule has 3 rings (SSSR count). The summed E-state index contributed by atoms with van der Waals surface area (Å²) in [5, 5.41) is 9.13. The maximum atomic E-state index is 12.6. The lowest BCUT2D eigenvalue weighted by molar-refractivity contribution is -0.133. The third-order valence-corrected chi connectivity index (χ3v) is 5.08. The zero-order valence-electron chi connectivity index (χ0n) is 14.5. The second kappa shape index (κ2) is 7.79. The number of likely N-dealkylation sites (tertiary alicyclic amines) is 1. The van der Waals surface area contributed by atoms with Crippen molar-refractivity contribution in [3.05, 3.63) is 34.8 Å². The monoisotopic (exact) mass is 361 g/mol. The van der Waals surface area contributed by atoms with E-state index in [1.165, 1.54) is 0 Å². The Morgan fingerprint density at radius 2 is 2.32 bits per heavy atom. The number of amides is 2. The predicted molar refractivity (Wildman–Crippen MR) is 97.3 cm³/mol. The summed E-state index contributed by atoms with van der Waals surface area (Å²) in [6, 6.07) is 3.53. The summed E-state index contributed by atoms with van der Waals surface area (Å²) in [4.78, 5) is 29.6. The summed E-state index contributed by atoms with van der Waals surface area (Å²) in [6.45, 7) is 2.13. The van der Waals surface area contributed by atoms with Crippen LogP contribution in [0.15, 0.2) is 29.9 Å². The summed E-state index contributed by atoms with van der Waals surface area (Å²) < 4.78 is 1.80. The van der Waals surface area contributed by atoms with Crippen molar-refractivity contribution >= 4 is 28.8 Å². The average molecular weight is 361 g/mol. The standard InChI is InChI=1S/C17H23N5O2S/c1-20(2)7-8-21-11-13(10-18-21)19-17(24)15-5-6-16(23)22(15)12-14-4-3-9-25-14/h3-4,9-11,15H,5-8,12H2,1-2H3,(H,19,24). The lowest BCUT2D eigenvalue weighted by atomic mass is 10.2. The quantitative estimate of drug-likeness (QED) is 0.814. The highest BCUT2D eigenvalue weighted by Gasteiger charge is 2.36. The number of nitrogens with one attached hydrogen (secondary N) is 1. The zero-order chi connectivity index (χ0) is 17.8. The molecule has 8 heteroatoms. The van der Waals surface area contributed by atoms with E-state index in [1.807, 2.05) is 37.8 Å². The highest BCUT2D eigenvalue weighted by Crippen LogP contribution is 2.24. The van der Waals surface area contributed by atoms with Gasteiger partial charge in [-0.1, -0.05) is 6.07 Å². The summed E-state index contributed by atoms with van der Waals surface area (Å²) >= 11 is 1.60. The number of nitrogens with zero attached hydrogens (tertiary/aromatic N) is 4. The Bertz CT molecular complexity index is 725. The van der Waals surface area contributed by atoms with Crippen molar-refractivity contribution in [2.45, 2.75) is 32.0 Å². The van der Waals surface area contributed by atoms with Crippen LogP contribution in [0.5, 0.6) is 0 Å². The second-order valence-electron chi connectivity index (χ2n) is 6.44. The molecule has 2 aromatic heterocycles. The summed E-state index contributed by atoms with van der Waals surface area (Å²) in [5.74, 6) is -0.107. The molecular formula is C17H23N5O2S. The van der Waals surface area contributed by atoms with Gasteiger partial charge in [-0.25, -0.2) is 0 Å². The lowest BCUT2D eigenvalue weighted by Gasteiger charge is -2.23. The fourth-order valence-corrected chi connectivity index (χ4v) is 3.56. The molecule has 1 aliphatic rings. The van der Waals surface area contributed by atoms with E-state index in [4.69, 9.17) is 0 Å². The lowest BCUT2D eigenvalue weighted by Crippen LogP contribution is -2.40. The minimum Gasteiger partial charge on any atom is -0.326 e. The molecule has 3 heterocycles. The van der Waals surface area contributed by atoms with Crippen LogP contribution in [0.3, 0.4) is 0 Å². The Hall–Kier alpha value is -2.19. The van der Waals surface area contributed by atoms with E-state index in [0.29, 0.717) is 25.1 Å². The first-order valence-corrected chi connectivity index (χ1v) is 9.21. The number of anilines is 1. The SMILES string of the molecule is CN(C)CCn1cc(NC(=O)C2CCC(=O)N2Cc2cccs2)cn1. The minimum atomic E-state index is -0.417. The summed E-state index contributed by atoms with van der Waals surface area (Å²) in [5.41, 5.74) is 0.666. The maximum absolute atomic E-state index is 12.6. The van der Waals surface area contributed by atoms with Crippen LogP contribution >= 0.6 is 11.3 Å². The second-order valence-corrected chi connectivity index (χ2v) is 7.47. The van der Waals surface area contributed by atoms with Gasteiger partial charge >= 0.3 is 0 Å². The van der Waals surface area contributed by atoms with Gasteiger partial charge in [0, 0.05) is 24.0 Å². The molecule has 0 spiro atoms. The first-order chi connectivity index (χ1) is 12.0. The number of carbonyl (C=O) groups is 2. The smallest absolute Gasteiger partial charge is 0.247 e. The van der Waals surface area contributed by atoms with Gasteiger partial charge in [0.2, 0.25) is 11.8 Å². The summed E-state index contributed by atoms with van der Waals surface area (Å²) in [6.07, 6.45) is 4.45. The van der Waals surface area contributed by atoms with E-state index < -0.39 is 6.04 Å². The Morgan fingerprint density at radius 3 is 3.04 bits per heavy atom. The molecule has 0 aromatic carbocycles. The molecule has 1 atom stereocenters. The molecule has 0 radical (unpaired) electrons. The van der Waals surface area contributed by atoms with E-state index >= 15 is 0 Å². The topological polar surface area (TPSA) is 70.5 Å². The van der Waals surface area contributed by atoms with Crippen molar-refractivity contribution in [3.63, 3.8) is 0 Å². The molecule has 7 nitrogen and oxygen atoms in total. The van der Waals surface area contributed by atoms with Crippen LogP contribution in [0.2, 0.25) is 0 Å². The summed E-state index contributed by atoms with van der Waals surface area (Å²) in [7, 11) is 4.01. The van der Waals surface area contributed by atoms with Gasteiger partial charge in [0.05, 0.1) is 25.0 Å². The van der Waals surface area contributed by atoms with E-state index in [0.717, 1.165) is 18.0 Å². The van der Waals surface area contributed by atoms with Gasteiger partial charge < -0.3 is 15.1 Å². The molecule has 0 aliphatic carbocycles. The first kappa shape index (κ1) is 17.6. The van der Waals surface area contributed by atoms with Crippen molar-refractivity contribution in [2.75, 3.05) is 26.0 Å². The van der Waals surface area contributed by atoms with E-state index in [-0.39, 0.29) is 11.8 Å². The molecule has 1 saturated heterocycles. The molecular weight excluding hydrogens is 338 g/mol. The third-order valence-electron chi connectivity index (χ3n) is 4.21. The number of hydrogen-bond acceptors (Lipinski definition) is 5. The van der Waals surface area contributed by atoms with Gasteiger partial charge in [-0.2, -0.15) is 5.10 Å². The van der Waals surface area contributed by atoms with Gasteiger partial charge in [0.25, 0.3) is 0 Å². The number of carbonyl (C=O) groups excluding carboxylic acids is 2. The zero-order valence-corrected chi connectivity index (χ0v) is 15.3. The molecule has 1 aliphatic heterocycles. The molecule has 2 aromatic rings. The van der Waals surface area contributed by atoms with Gasteiger partial charge in [-0.3, -0.25) is 14.3 Å². The Labute approximate surface area is 151 Å². The molecule has 25 heavy (non-hydrogen) atoms. The minimum absolute atomic E-state index is 0.0372. The van der Waals surface area contributed by atoms with Gasteiger partial charge in [0.15, 0.2) is 0 Å². The Balaban J connectivity index is 1.61. The molecule has 1 unspecified atom stereocenters. The van der Waals surface area contributed by atoms with Crippen molar-refractivity contribution in [1.82, 2.24) is 19.6 Å². The van der Waals surface area contributed by atoms with E-state index in [9.17, 15) is 9.59 Å². The van der Waals surface area contributed by atoms with E-state index in [2.05, 4.69) is 15.3 Å². The number of hydrogen-bond donors (Lipinski definition) is 1. The molecule has 0 bridgehead atoms. The van der Waals surface area contributed by atoms with Crippen LogP contribution in [0.1, 0.15) is 17.7 Å². The molecule has 2 amide bonds. The molecule has 0 saturated carbocycles. The van der Waals surface area contributed by atoms with Crippen molar-refractivity contribution in [2.24, 2.45) is 0 Å². The third kappa shape index (κ3) is 4.46. The highest BCUT2D eigenvalue weighted by molar-refractivity contribution is 7.09. The van der Waals surface area contributed by atoms with E-state index in [1.54, 1.807) is 27.1 Å². The number of rotatable bonds is 7. The predicted octanol–water partition coefficient (Wildman–Crippen LogP) is 1.64.